The van der Waals surface area contributed by atoms with Gasteiger partial charge in [-0.1, -0.05) is 30.3 Å². The molecule has 0 aliphatic carbocycles. The molecule has 1 aromatic heterocycles. The van der Waals surface area contributed by atoms with E-state index >= 15 is 0 Å². The van der Waals surface area contributed by atoms with Gasteiger partial charge in [0.05, 0.1) is 6.20 Å². The average Bonchev–Trinajstić information content (AvgIpc) is 2.65. The Morgan fingerprint density at radius 1 is 1.21 bits per heavy atom. The minimum Gasteiger partial charge on any atom is -0.338 e. The van der Waals surface area contributed by atoms with E-state index in [0.29, 0.717) is 5.56 Å². The largest absolute Gasteiger partial charge is 0.368 e. The fourth-order valence-electron chi connectivity index (χ4n) is 1.16. The second kappa shape index (κ2) is 3.33. The molecule has 0 saturated heterocycles. The second-order valence-electron chi connectivity index (χ2n) is 2.76. The van der Waals surface area contributed by atoms with Gasteiger partial charge < -0.3 is 4.52 Å². The standard InChI is InChI=1S/C10H7NO3/c12-9(7-4-2-1-3-5-7)8-6-11-14-10(8)13/h1-6,11H. The van der Waals surface area contributed by atoms with Gasteiger partial charge in [0.1, 0.15) is 5.56 Å². The van der Waals surface area contributed by atoms with E-state index in [-0.39, 0.29) is 11.3 Å². The van der Waals surface area contributed by atoms with Crippen molar-refractivity contribution >= 4 is 5.78 Å². The normalized spacial score (nSPS) is 10.0. The Balaban J connectivity index is 2.44. The number of ketones is 1. The van der Waals surface area contributed by atoms with Crippen molar-refractivity contribution < 1.29 is 9.32 Å². The van der Waals surface area contributed by atoms with Crippen LogP contribution in [0.5, 0.6) is 0 Å². The minimum atomic E-state index is -0.640. The Kier molecular flexibility index (Phi) is 2.02. The zero-order valence-corrected chi connectivity index (χ0v) is 7.19. The zero-order valence-electron chi connectivity index (χ0n) is 7.19. The quantitative estimate of drug-likeness (QED) is 0.722. The summed E-state index contributed by atoms with van der Waals surface area (Å²) in [4.78, 5) is 22.7. The van der Waals surface area contributed by atoms with Gasteiger partial charge in [0, 0.05) is 5.56 Å². The lowest BCUT2D eigenvalue weighted by atomic mass is 10.1. The van der Waals surface area contributed by atoms with Gasteiger partial charge in [-0.3, -0.25) is 4.79 Å². The van der Waals surface area contributed by atoms with Gasteiger partial charge >= 0.3 is 5.63 Å². The molecule has 0 spiro atoms. The van der Waals surface area contributed by atoms with Crippen LogP contribution in [0.3, 0.4) is 0 Å². The van der Waals surface area contributed by atoms with Crippen LogP contribution in [0.25, 0.3) is 0 Å². The number of H-pyrrole nitrogens is 1. The summed E-state index contributed by atoms with van der Waals surface area (Å²) in [6.07, 6.45) is 1.26. The summed E-state index contributed by atoms with van der Waals surface area (Å²) in [7, 11) is 0. The van der Waals surface area contributed by atoms with E-state index in [4.69, 9.17) is 0 Å². The maximum atomic E-state index is 11.6. The van der Waals surface area contributed by atoms with Crippen LogP contribution in [0.2, 0.25) is 0 Å². The first-order chi connectivity index (χ1) is 6.79. The highest BCUT2D eigenvalue weighted by molar-refractivity contribution is 6.08. The Labute approximate surface area is 79.1 Å². The molecule has 4 nitrogen and oxygen atoms in total. The summed E-state index contributed by atoms with van der Waals surface area (Å²) in [6.45, 7) is 0. The van der Waals surface area contributed by atoms with Gasteiger partial charge in [-0.05, 0) is 0 Å². The molecular formula is C10H7NO3. The predicted octanol–water partition coefficient (Wildman–Crippen LogP) is 1.20. The fourth-order valence-corrected chi connectivity index (χ4v) is 1.16. The van der Waals surface area contributed by atoms with Crippen LogP contribution in [-0.2, 0) is 0 Å². The number of hydrogen-bond acceptors (Lipinski definition) is 3. The zero-order chi connectivity index (χ0) is 9.97. The molecule has 0 fully saturated rings. The monoisotopic (exact) mass is 189 g/mol. The molecule has 2 aromatic rings. The van der Waals surface area contributed by atoms with Gasteiger partial charge in [0.25, 0.3) is 0 Å². The molecule has 1 heterocycles. The van der Waals surface area contributed by atoms with Gasteiger partial charge in [-0.2, -0.15) is 0 Å². The number of hydrogen-bond donors (Lipinski definition) is 1. The first-order valence-electron chi connectivity index (χ1n) is 4.05. The highest BCUT2D eigenvalue weighted by Crippen LogP contribution is 2.04. The fraction of sp³-hybridized carbons (Fsp3) is 0. The summed E-state index contributed by atoms with van der Waals surface area (Å²) in [5.41, 5.74) is -0.144. The molecular weight excluding hydrogens is 182 g/mol. The predicted molar refractivity (Wildman–Crippen MR) is 49.2 cm³/mol. The molecule has 0 aliphatic heterocycles. The Bertz CT molecular complexity index is 495. The van der Waals surface area contributed by atoms with Crippen molar-refractivity contribution in [3.05, 3.63) is 58.1 Å². The van der Waals surface area contributed by atoms with Crippen molar-refractivity contribution in [2.24, 2.45) is 0 Å². The van der Waals surface area contributed by atoms with E-state index in [1.165, 1.54) is 6.20 Å². The third-order valence-electron chi connectivity index (χ3n) is 1.86. The van der Waals surface area contributed by atoms with Crippen LogP contribution >= 0.6 is 0 Å². The molecule has 0 amide bonds. The number of benzene rings is 1. The van der Waals surface area contributed by atoms with E-state index in [0.717, 1.165) is 0 Å². The van der Waals surface area contributed by atoms with Gasteiger partial charge in [0.15, 0.2) is 0 Å². The number of aromatic nitrogens is 1. The molecule has 2 rings (SSSR count). The molecule has 0 unspecified atom stereocenters. The van der Waals surface area contributed by atoms with Gasteiger partial charge in [0.2, 0.25) is 5.78 Å². The molecule has 0 aliphatic rings. The summed E-state index contributed by atoms with van der Waals surface area (Å²) in [5, 5.41) is 2.24. The van der Waals surface area contributed by atoms with E-state index in [2.05, 4.69) is 9.68 Å². The van der Waals surface area contributed by atoms with E-state index in [9.17, 15) is 9.59 Å². The van der Waals surface area contributed by atoms with Crippen LogP contribution in [0.1, 0.15) is 15.9 Å². The van der Waals surface area contributed by atoms with Crippen molar-refractivity contribution in [1.29, 1.82) is 0 Å². The van der Waals surface area contributed by atoms with E-state index in [1.807, 2.05) is 0 Å². The second-order valence-corrected chi connectivity index (χ2v) is 2.76. The Morgan fingerprint density at radius 2 is 1.93 bits per heavy atom. The molecule has 0 atom stereocenters. The lowest BCUT2D eigenvalue weighted by Crippen LogP contribution is -2.10. The SMILES string of the molecule is O=C(c1ccccc1)c1c[nH]oc1=O. The van der Waals surface area contributed by atoms with Crippen LogP contribution < -0.4 is 5.63 Å². The maximum Gasteiger partial charge on any atom is 0.368 e. The summed E-state index contributed by atoms with van der Waals surface area (Å²) in [5.74, 6) is -0.333. The molecule has 1 aromatic carbocycles. The van der Waals surface area contributed by atoms with Crippen molar-refractivity contribution in [3.63, 3.8) is 0 Å². The summed E-state index contributed by atoms with van der Waals surface area (Å²) >= 11 is 0. The molecule has 0 bridgehead atoms. The van der Waals surface area contributed by atoms with Crippen LogP contribution in [0, 0.1) is 0 Å². The minimum absolute atomic E-state index is 0.0243. The van der Waals surface area contributed by atoms with Crippen LogP contribution in [0.4, 0.5) is 0 Å². The lowest BCUT2D eigenvalue weighted by Gasteiger charge is -1.93. The topological polar surface area (TPSA) is 63.1 Å². The van der Waals surface area contributed by atoms with E-state index in [1.54, 1.807) is 30.3 Å². The number of aromatic amines is 1. The third-order valence-corrected chi connectivity index (χ3v) is 1.86. The molecule has 0 radical (unpaired) electrons. The molecule has 4 heteroatoms. The van der Waals surface area contributed by atoms with Crippen LogP contribution in [0.15, 0.2) is 45.8 Å². The van der Waals surface area contributed by atoms with Gasteiger partial charge in [-0.25, -0.2) is 9.95 Å². The smallest absolute Gasteiger partial charge is 0.338 e. The van der Waals surface area contributed by atoms with Crippen LogP contribution in [-0.4, -0.2) is 10.9 Å². The molecule has 1 N–H and O–H groups in total. The average molecular weight is 189 g/mol. The summed E-state index contributed by atoms with van der Waals surface area (Å²) < 4.78 is 4.41. The van der Waals surface area contributed by atoms with Crippen molar-refractivity contribution in [2.75, 3.05) is 0 Å². The first-order valence-corrected chi connectivity index (χ1v) is 4.05. The molecule has 14 heavy (non-hydrogen) atoms. The molecule has 70 valence electrons. The molecule has 0 saturated carbocycles. The maximum absolute atomic E-state index is 11.6. The van der Waals surface area contributed by atoms with Crippen molar-refractivity contribution in [2.45, 2.75) is 0 Å². The summed E-state index contributed by atoms with van der Waals surface area (Å²) in [6, 6.07) is 8.57. The number of nitrogens with one attached hydrogen (secondary N) is 1. The third kappa shape index (κ3) is 1.37. The van der Waals surface area contributed by atoms with Gasteiger partial charge in [-0.15, -0.1) is 0 Å². The Hall–Kier alpha value is -2.10. The first kappa shape index (κ1) is 8.50. The Morgan fingerprint density at radius 3 is 2.50 bits per heavy atom. The van der Waals surface area contributed by atoms with Crippen molar-refractivity contribution in [1.82, 2.24) is 5.16 Å². The lowest BCUT2D eigenvalue weighted by molar-refractivity contribution is 0.103. The number of carbonyl (C=O) groups is 1. The van der Waals surface area contributed by atoms with E-state index < -0.39 is 5.63 Å². The highest BCUT2D eigenvalue weighted by atomic mass is 16.5. The number of rotatable bonds is 2. The number of carbonyl (C=O) groups excluding carboxylic acids is 1. The highest BCUT2D eigenvalue weighted by Gasteiger charge is 2.14. The van der Waals surface area contributed by atoms with Crippen molar-refractivity contribution in [3.8, 4) is 0 Å².